The number of hydrogen-bond donors (Lipinski definition) is 3. The summed E-state index contributed by atoms with van der Waals surface area (Å²) in [6, 6.07) is 1.74. The molecule has 0 saturated carbocycles. The molecular formula is C32H37ClF2N8O4. The number of aromatic amines is 1. The van der Waals surface area contributed by atoms with E-state index in [1.54, 1.807) is 18.5 Å². The molecule has 3 aliphatic heterocycles. The Morgan fingerprint density at radius 3 is 2.96 bits per heavy atom. The average molecular weight is 671 g/mol. The summed E-state index contributed by atoms with van der Waals surface area (Å²) in [5, 5.41) is 20.8. The van der Waals surface area contributed by atoms with Crippen LogP contribution >= 0.6 is 11.6 Å². The predicted molar refractivity (Wildman–Crippen MR) is 172 cm³/mol. The van der Waals surface area contributed by atoms with Crippen LogP contribution in [0.5, 0.6) is 6.01 Å². The van der Waals surface area contributed by atoms with Gasteiger partial charge >= 0.3 is 12.2 Å². The molecule has 15 heteroatoms. The van der Waals surface area contributed by atoms with Gasteiger partial charge in [0.2, 0.25) is 0 Å². The van der Waals surface area contributed by atoms with E-state index in [0.29, 0.717) is 83.1 Å². The lowest BCUT2D eigenvalue weighted by atomic mass is 9.95. The molecule has 6 heterocycles. The van der Waals surface area contributed by atoms with Crippen molar-refractivity contribution in [3.05, 3.63) is 34.9 Å². The minimum Gasteiger partial charge on any atom is -0.461 e. The standard InChI is InChI=1S/C32H37ClF2N8O4/c1-18-12-36-6-8-42(15-18)29-22-13-37-28(25-20(4-2-9-46-31(44)45)23(33)10-24-21(25)14-38-41-24)26(35)27(22)39-30(40-29)47-17-32-5-3-7-43(32)16-19(34)11-32/h10,13-14,18-19,36H,2-9,11-12,15-17H2,1H3,(H,38,41)(H,44,45)/t18-,19-,32+/m1/s1. The molecule has 0 aliphatic carbocycles. The zero-order valence-electron chi connectivity index (χ0n) is 26.1. The topological polar surface area (TPSA) is 142 Å². The predicted octanol–water partition coefficient (Wildman–Crippen LogP) is 4.99. The molecule has 0 spiro atoms. The van der Waals surface area contributed by atoms with Crippen LogP contribution in [0.4, 0.5) is 19.4 Å². The van der Waals surface area contributed by atoms with Crippen LogP contribution in [-0.2, 0) is 11.2 Å². The summed E-state index contributed by atoms with van der Waals surface area (Å²) in [7, 11) is 0. The molecule has 3 N–H and O–H groups in total. The maximum Gasteiger partial charge on any atom is 0.505 e. The third kappa shape index (κ3) is 6.14. The number of hydrogen-bond acceptors (Lipinski definition) is 10. The molecule has 47 heavy (non-hydrogen) atoms. The first kappa shape index (κ1) is 31.7. The second kappa shape index (κ2) is 13.0. The number of anilines is 1. The van der Waals surface area contributed by atoms with Crippen LogP contribution in [0.2, 0.25) is 5.02 Å². The number of benzene rings is 1. The van der Waals surface area contributed by atoms with Crippen LogP contribution in [0.3, 0.4) is 0 Å². The van der Waals surface area contributed by atoms with Crippen molar-refractivity contribution in [2.24, 2.45) is 5.92 Å². The lowest BCUT2D eigenvalue weighted by molar-refractivity contribution is 0.0907. The highest BCUT2D eigenvalue weighted by molar-refractivity contribution is 6.33. The van der Waals surface area contributed by atoms with Crippen LogP contribution in [-0.4, -0.2) is 106 Å². The molecule has 1 aromatic carbocycles. The molecule has 3 aromatic heterocycles. The molecule has 0 unspecified atom stereocenters. The second-order valence-electron chi connectivity index (χ2n) is 12.9. The van der Waals surface area contributed by atoms with Crippen molar-refractivity contribution in [1.82, 2.24) is 35.4 Å². The Kier molecular flexibility index (Phi) is 8.75. The maximum absolute atomic E-state index is 17.0. The lowest BCUT2D eigenvalue weighted by Gasteiger charge is -2.31. The molecule has 250 valence electrons. The number of halogens is 3. The monoisotopic (exact) mass is 670 g/mol. The van der Waals surface area contributed by atoms with Gasteiger partial charge in [-0.2, -0.15) is 15.1 Å². The summed E-state index contributed by atoms with van der Waals surface area (Å²) in [6.07, 6.45) is 3.69. The van der Waals surface area contributed by atoms with Gasteiger partial charge in [0, 0.05) is 54.8 Å². The molecule has 0 amide bonds. The van der Waals surface area contributed by atoms with Gasteiger partial charge in [-0.25, -0.2) is 13.6 Å². The van der Waals surface area contributed by atoms with Gasteiger partial charge < -0.3 is 24.8 Å². The van der Waals surface area contributed by atoms with Crippen molar-refractivity contribution in [2.75, 3.05) is 57.4 Å². The SMILES string of the molecule is C[C@@H]1CNCCN(c2nc(OC[C@@]34CCCN3C[C@H](F)C4)nc3c(F)c(-c4c(CCCOC(=O)O)c(Cl)cc5[nH]ncc45)ncc23)C1. The molecule has 3 fully saturated rings. The normalized spacial score (nSPS) is 23.4. The average Bonchev–Trinajstić information content (AvgIpc) is 3.69. The number of nitrogens with one attached hydrogen (secondary N) is 2. The Labute approximate surface area is 274 Å². The number of rotatable bonds is 9. The van der Waals surface area contributed by atoms with E-state index in [-0.39, 0.29) is 30.4 Å². The third-order valence-corrected chi connectivity index (χ3v) is 9.93. The number of aromatic nitrogens is 5. The van der Waals surface area contributed by atoms with E-state index in [2.05, 4.69) is 42.2 Å². The summed E-state index contributed by atoms with van der Waals surface area (Å²) in [5.74, 6) is 0.165. The quantitative estimate of drug-likeness (QED) is 0.164. The fourth-order valence-corrected chi connectivity index (χ4v) is 7.76. The van der Waals surface area contributed by atoms with Gasteiger partial charge in [-0.05, 0) is 56.3 Å². The number of pyridine rings is 1. The highest BCUT2D eigenvalue weighted by Gasteiger charge is 2.49. The number of ether oxygens (including phenoxy) is 2. The van der Waals surface area contributed by atoms with Gasteiger partial charge in [-0.3, -0.25) is 15.0 Å². The van der Waals surface area contributed by atoms with Gasteiger partial charge in [0.15, 0.2) is 5.82 Å². The number of carboxylic acid groups (broad SMARTS) is 1. The molecule has 3 atom stereocenters. The molecule has 12 nitrogen and oxygen atoms in total. The van der Waals surface area contributed by atoms with Crippen molar-refractivity contribution >= 4 is 45.4 Å². The summed E-state index contributed by atoms with van der Waals surface area (Å²) in [6.45, 7) is 6.42. The van der Waals surface area contributed by atoms with Crippen molar-refractivity contribution < 1.29 is 28.2 Å². The van der Waals surface area contributed by atoms with E-state index in [1.165, 1.54) is 0 Å². The zero-order valence-corrected chi connectivity index (χ0v) is 26.8. The summed E-state index contributed by atoms with van der Waals surface area (Å²) < 4.78 is 42.5. The maximum atomic E-state index is 17.0. The van der Waals surface area contributed by atoms with Gasteiger partial charge in [0.25, 0.3) is 0 Å². The highest BCUT2D eigenvalue weighted by atomic mass is 35.5. The molecule has 3 aliphatic rings. The van der Waals surface area contributed by atoms with Gasteiger partial charge in [-0.15, -0.1) is 0 Å². The number of carbonyl (C=O) groups is 1. The van der Waals surface area contributed by atoms with Crippen LogP contribution in [0.25, 0.3) is 33.1 Å². The van der Waals surface area contributed by atoms with E-state index in [4.69, 9.17) is 31.2 Å². The van der Waals surface area contributed by atoms with Crippen molar-refractivity contribution in [3.8, 4) is 17.3 Å². The third-order valence-electron chi connectivity index (χ3n) is 9.59. The first-order valence-corrected chi connectivity index (χ1v) is 16.4. The van der Waals surface area contributed by atoms with Gasteiger partial charge in [0.1, 0.15) is 29.8 Å². The van der Waals surface area contributed by atoms with Gasteiger partial charge in [-0.1, -0.05) is 18.5 Å². The van der Waals surface area contributed by atoms with E-state index >= 15 is 4.39 Å². The molecule has 0 bridgehead atoms. The molecule has 4 aromatic rings. The smallest absolute Gasteiger partial charge is 0.461 e. The number of alkyl halides is 1. The minimum atomic E-state index is -1.37. The molecule has 3 saturated heterocycles. The number of fused-ring (bicyclic) bond motifs is 3. The summed E-state index contributed by atoms with van der Waals surface area (Å²) >= 11 is 6.72. The van der Waals surface area contributed by atoms with E-state index in [9.17, 15) is 9.18 Å². The first-order valence-electron chi connectivity index (χ1n) is 16.1. The Balaban J connectivity index is 1.33. The van der Waals surface area contributed by atoms with Crippen LogP contribution in [0, 0.1) is 11.7 Å². The molecule has 7 rings (SSSR count). The van der Waals surface area contributed by atoms with Gasteiger partial charge in [0.05, 0.1) is 29.2 Å². The lowest BCUT2D eigenvalue weighted by Crippen LogP contribution is -2.43. The Morgan fingerprint density at radius 2 is 2.11 bits per heavy atom. The van der Waals surface area contributed by atoms with E-state index in [0.717, 1.165) is 32.5 Å². The van der Waals surface area contributed by atoms with Crippen LogP contribution in [0.1, 0.15) is 38.2 Å². The minimum absolute atomic E-state index is 0.0266. The van der Waals surface area contributed by atoms with Crippen LogP contribution in [0.15, 0.2) is 18.5 Å². The first-order chi connectivity index (χ1) is 22.7. The number of nitrogens with zero attached hydrogens (tertiary/aromatic N) is 6. The van der Waals surface area contributed by atoms with E-state index in [1.807, 2.05) is 0 Å². The van der Waals surface area contributed by atoms with Crippen molar-refractivity contribution in [1.29, 1.82) is 0 Å². The Hall–Kier alpha value is -3.88. The fraction of sp³-hybridized carbons (Fsp3) is 0.531. The van der Waals surface area contributed by atoms with Crippen LogP contribution < -0.4 is 15.0 Å². The Bertz CT molecular complexity index is 1810. The largest absolute Gasteiger partial charge is 0.505 e. The van der Waals surface area contributed by atoms with Crippen molar-refractivity contribution in [2.45, 2.75) is 50.7 Å². The summed E-state index contributed by atoms with van der Waals surface area (Å²) in [4.78, 5) is 29.2. The highest BCUT2D eigenvalue weighted by Crippen LogP contribution is 2.42. The molecular weight excluding hydrogens is 634 g/mol. The summed E-state index contributed by atoms with van der Waals surface area (Å²) in [5.41, 5.74) is 1.27. The number of H-pyrrole nitrogens is 1. The second-order valence-corrected chi connectivity index (χ2v) is 13.3. The zero-order chi connectivity index (χ0) is 32.7. The van der Waals surface area contributed by atoms with E-state index < -0.39 is 23.7 Å². The van der Waals surface area contributed by atoms with Crippen molar-refractivity contribution in [3.63, 3.8) is 0 Å². The Morgan fingerprint density at radius 1 is 1.23 bits per heavy atom. The fourth-order valence-electron chi connectivity index (χ4n) is 7.46. The molecule has 0 radical (unpaired) electrons.